The summed E-state index contributed by atoms with van der Waals surface area (Å²) in [6.07, 6.45) is 1.09. The number of sulfonamides is 1. The molecular formula is C11H8ClFN2O2S. The monoisotopic (exact) mass is 286 g/mol. The molecular weight excluding hydrogens is 279 g/mol. The van der Waals surface area contributed by atoms with Crippen molar-refractivity contribution in [2.24, 2.45) is 0 Å². The van der Waals surface area contributed by atoms with E-state index >= 15 is 0 Å². The number of hydrogen-bond donors (Lipinski definition) is 1. The molecule has 0 atom stereocenters. The van der Waals surface area contributed by atoms with Crippen LogP contribution in [0.25, 0.3) is 0 Å². The van der Waals surface area contributed by atoms with Gasteiger partial charge in [-0.05, 0) is 24.3 Å². The largest absolute Gasteiger partial charge is 0.278 e. The molecule has 1 aromatic heterocycles. The highest BCUT2D eigenvalue weighted by Gasteiger charge is 2.17. The Morgan fingerprint density at radius 3 is 2.50 bits per heavy atom. The first kappa shape index (κ1) is 12.8. The van der Waals surface area contributed by atoms with Crippen LogP contribution in [-0.4, -0.2) is 13.4 Å². The Kier molecular flexibility index (Phi) is 3.49. The fourth-order valence-electron chi connectivity index (χ4n) is 1.31. The van der Waals surface area contributed by atoms with Crippen molar-refractivity contribution in [1.82, 2.24) is 4.98 Å². The molecule has 0 bridgehead atoms. The van der Waals surface area contributed by atoms with E-state index in [1.54, 1.807) is 12.1 Å². The van der Waals surface area contributed by atoms with Crippen molar-refractivity contribution < 1.29 is 12.8 Å². The van der Waals surface area contributed by atoms with Crippen molar-refractivity contribution in [1.29, 1.82) is 0 Å². The highest BCUT2D eigenvalue weighted by atomic mass is 35.5. The Morgan fingerprint density at radius 1 is 1.17 bits per heavy atom. The van der Waals surface area contributed by atoms with Crippen LogP contribution in [0.1, 0.15) is 0 Å². The number of nitrogens with one attached hydrogen (secondary N) is 1. The molecule has 2 aromatic rings. The van der Waals surface area contributed by atoms with E-state index in [1.807, 2.05) is 0 Å². The molecule has 0 amide bonds. The molecule has 0 aliphatic rings. The lowest BCUT2D eigenvalue weighted by Gasteiger charge is -2.08. The van der Waals surface area contributed by atoms with Crippen LogP contribution in [0.15, 0.2) is 47.5 Å². The van der Waals surface area contributed by atoms with Crippen LogP contribution in [0.3, 0.4) is 0 Å². The van der Waals surface area contributed by atoms with Gasteiger partial charge >= 0.3 is 0 Å². The molecule has 0 radical (unpaired) electrons. The molecule has 1 heterocycles. The zero-order valence-corrected chi connectivity index (χ0v) is 10.5. The normalized spacial score (nSPS) is 11.2. The molecule has 7 heteroatoms. The quantitative estimate of drug-likeness (QED) is 0.883. The van der Waals surface area contributed by atoms with Gasteiger partial charge in [-0.2, -0.15) is 4.39 Å². The lowest BCUT2D eigenvalue weighted by atomic mass is 10.4. The smallest absolute Gasteiger partial charge is 0.263 e. The molecule has 0 spiro atoms. The van der Waals surface area contributed by atoms with Crippen LogP contribution in [-0.2, 0) is 10.0 Å². The fraction of sp³-hybridized carbons (Fsp3) is 0. The van der Waals surface area contributed by atoms with Gasteiger partial charge in [0.1, 0.15) is 4.90 Å². The third kappa shape index (κ3) is 2.77. The van der Waals surface area contributed by atoms with Gasteiger partial charge in [-0.1, -0.05) is 23.7 Å². The molecule has 2 rings (SSSR count). The molecule has 0 saturated heterocycles. The predicted octanol–water partition coefficient (Wildman–Crippen LogP) is 2.67. The topological polar surface area (TPSA) is 59.1 Å². The molecule has 4 nitrogen and oxygen atoms in total. The third-order valence-corrected chi connectivity index (χ3v) is 3.99. The van der Waals surface area contributed by atoms with Gasteiger partial charge in [0.15, 0.2) is 0 Å². The van der Waals surface area contributed by atoms with Gasteiger partial charge in [0.05, 0.1) is 16.9 Å². The first-order valence-electron chi connectivity index (χ1n) is 4.88. The Morgan fingerprint density at radius 2 is 1.89 bits per heavy atom. The summed E-state index contributed by atoms with van der Waals surface area (Å²) in [5, 5.41) is 0.111. The maximum Gasteiger partial charge on any atom is 0.263 e. The van der Waals surface area contributed by atoms with E-state index in [4.69, 9.17) is 11.6 Å². The zero-order chi connectivity index (χ0) is 13.2. The Bertz CT molecular complexity index is 659. The van der Waals surface area contributed by atoms with Crippen LogP contribution in [0.4, 0.5) is 10.1 Å². The summed E-state index contributed by atoms with van der Waals surface area (Å²) in [5.41, 5.74) is 0.163. The van der Waals surface area contributed by atoms with Crippen molar-refractivity contribution >= 4 is 27.3 Å². The number of rotatable bonds is 3. The molecule has 0 fully saturated rings. The molecule has 0 unspecified atom stereocenters. The van der Waals surface area contributed by atoms with E-state index in [1.165, 1.54) is 18.2 Å². The maximum absolute atomic E-state index is 12.6. The summed E-state index contributed by atoms with van der Waals surface area (Å²) in [6, 6.07) is 8.37. The summed E-state index contributed by atoms with van der Waals surface area (Å²) in [4.78, 5) is 3.31. The SMILES string of the molecule is O=S(=O)(Nc1ccc(F)nc1)c1ccccc1Cl. The van der Waals surface area contributed by atoms with Crippen molar-refractivity contribution in [2.75, 3.05) is 4.72 Å². The number of benzene rings is 1. The number of anilines is 1. The Balaban J connectivity index is 2.33. The lowest BCUT2D eigenvalue weighted by Crippen LogP contribution is -2.13. The van der Waals surface area contributed by atoms with Gasteiger partial charge in [0, 0.05) is 0 Å². The fourth-order valence-corrected chi connectivity index (χ4v) is 2.87. The molecule has 94 valence electrons. The molecule has 18 heavy (non-hydrogen) atoms. The second-order valence-electron chi connectivity index (χ2n) is 3.41. The van der Waals surface area contributed by atoms with Crippen molar-refractivity contribution in [3.8, 4) is 0 Å². The van der Waals surface area contributed by atoms with Crippen LogP contribution in [0.2, 0.25) is 5.02 Å². The number of pyridine rings is 1. The van der Waals surface area contributed by atoms with Gasteiger partial charge in [0.25, 0.3) is 10.0 Å². The van der Waals surface area contributed by atoms with Crippen molar-refractivity contribution in [3.63, 3.8) is 0 Å². The van der Waals surface area contributed by atoms with Gasteiger partial charge in [-0.25, -0.2) is 13.4 Å². The minimum absolute atomic E-state index is 0.0454. The van der Waals surface area contributed by atoms with E-state index < -0.39 is 16.0 Å². The van der Waals surface area contributed by atoms with E-state index in [0.29, 0.717) is 0 Å². The molecule has 1 aromatic carbocycles. The maximum atomic E-state index is 12.6. The highest BCUT2D eigenvalue weighted by Crippen LogP contribution is 2.22. The van der Waals surface area contributed by atoms with Gasteiger partial charge < -0.3 is 0 Å². The Hall–Kier alpha value is -1.66. The standard InChI is InChI=1S/C11H8ClFN2O2S/c12-9-3-1-2-4-10(9)18(16,17)15-8-5-6-11(13)14-7-8/h1-7,15H. The average molecular weight is 287 g/mol. The molecule has 0 aliphatic carbocycles. The first-order chi connectivity index (χ1) is 8.49. The van der Waals surface area contributed by atoms with Crippen LogP contribution in [0, 0.1) is 5.95 Å². The van der Waals surface area contributed by atoms with Crippen LogP contribution >= 0.6 is 11.6 Å². The van der Waals surface area contributed by atoms with Crippen LogP contribution in [0.5, 0.6) is 0 Å². The van der Waals surface area contributed by atoms with E-state index in [9.17, 15) is 12.8 Å². The number of nitrogens with zero attached hydrogens (tertiary/aromatic N) is 1. The second kappa shape index (κ2) is 4.91. The molecule has 0 aliphatic heterocycles. The number of halogens is 2. The number of aromatic nitrogens is 1. The number of hydrogen-bond acceptors (Lipinski definition) is 3. The van der Waals surface area contributed by atoms with E-state index in [0.717, 1.165) is 12.3 Å². The first-order valence-corrected chi connectivity index (χ1v) is 6.74. The van der Waals surface area contributed by atoms with E-state index in [2.05, 4.69) is 9.71 Å². The summed E-state index contributed by atoms with van der Waals surface area (Å²) in [6.45, 7) is 0. The average Bonchev–Trinajstić information content (AvgIpc) is 2.32. The second-order valence-corrected chi connectivity index (χ2v) is 5.46. The molecule has 0 saturated carbocycles. The molecule has 1 N–H and O–H groups in total. The van der Waals surface area contributed by atoms with Crippen molar-refractivity contribution in [2.45, 2.75) is 4.90 Å². The zero-order valence-electron chi connectivity index (χ0n) is 8.97. The van der Waals surface area contributed by atoms with Gasteiger partial charge in [0.2, 0.25) is 5.95 Å². The highest BCUT2D eigenvalue weighted by molar-refractivity contribution is 7.92. The summed E-state index contributed by atoms with van der Waals surface area (Å²) in [5.74, 6) is -0.685. The van der Waals surface area contributed by atoms with Crippen LogP contribution < -0.4 is 4.72 Å². The minimum Gasteiger partial charge on any atom is -0.278 e. The van der Waals surface area contributed by atoms with Gasteiger partial charge in [-0.15, -0.1) is 0 Å². The Labute approximate surface area is 108 Å². The summed E-state index contributed by atoms with van der Waals surface area (Å²) < 4.78 is 38.8. The minimum atomic E-state index is -3.80. The predicted molar refractivity (Wildman–Crippen MR) is 66.5 cm³/mol. The van der Waals surface area contributed by atoms with Crippen molar-refractivity contribution in [3.05, 3.63) is 53.6 Å². The van der Waals surface area contributed by atoms with E-state index in [-0.39, 0.29) is 15.6 Å². The summed E-state index contributed by atoms with van der Waals surface area (Å²) >= 11 is 5.81. The lowest BCUT2D eigenvalue weighted by molar-refractivity contribution is 0.583. The summed E-state index contributed by atoms with van der Waals surface area (Å²) in [7, 11) is -3.80. The van der Waals surface area contributed by atoms with Gasteiger partial charge in [-0.3, -0.25) is 4.72 Å². The third-order valence-electron chi connectivity index (χ3n) is 2.11.